The summed E-state index contributed by atoms with van der Waals surface area (Å²) in [5, 5.41) is 4.96. The molecule has 0 amide bonds. The highest BCUT2D eigenvalue weighted by atomic mass is 15.0. The maximum absolute atomic E-state index is 5.05. The van der Waals surface area contributed by atoms with Gasteiger partial charge in [-0.25, -0.2) is 0 Å². The number of fused-ring (bicyclic) bond motifs is 6. The highest BCUT2D eigenvalue weighted by Gasteiger charge is 2.17. The Morgan fingerprint density at radius 3 is 1.11 bits per heavy atom. The van der Waals surface area contributed by atoms with Crippen molar-refractivity contribution in [3.8, 4) is 67.3 Å². The molecule has 0 aliphatic rings. The largest absolute Gasteiger partial charge is 0.309 e. The van der Waals surface area contributed by atoms with Gasteiger partial charge in [-0.1, -0.05) is 133 Å². The van der Waals surface area contributed by atoms with Crippen molar-refractivity contribution >= 4 is 43.6 Å². The molecule has 0 unspecified atom stereocenters. The van der Waals surface area contributed by atoms with Crippen LogP contribution in [0.1, 0.15) is 11.1 Å². The minimum absolute atomic E-state index is 0.939. The van der Waals surface area contributed by atoms with Gasteiger partial charge in [-0.05, 0) is 120 Å². The van der Waals surface area contributed by atoms with Crippen molar-refractivity contribution in [3.05, 3.63) is 230 Å². The molecule has 0 spiro atoms. The maximum Gasteiger partial charge on any atom is 0.0705 e. The lowest BCUT2D eigenvalue weighted by Crippen LogP contribution is -1.97. The first-order valence-corrected chi connectivity index (χ1v) is 21.9. The Balaban J connectivity index is 0.853. The summed E-state index contributed by atoms with van der Waals surface area (Å²) in [6.07, 6.45) is 3.95. The molecule has 0 saturated heterocycles. The minimum Gasteiger partial charge on any atom is -0.309 e. The second-order valence-electron chi connectivity index (χ2n) is 16.8. The molecule has 4 nitrogen and oxygen atoms in total. The zero-order valence-corrected chi connectivity index (χ0v) is 35.6. The number of benzene rings is 8. The fourth-order valence-corrected chi connectivity index (χ4v) is 9.62. The molecule has 0 N–H and O–H groups in total. The second kappa shape index (κ2) is 15.2. The lowest BCUT2D eigenvalue weighted by Gasteiger charge is -2.13. The fraction of sp³-hybridized carbons (Fsp3) is 0.0333. The van der Waals surface area contributed by atoms with E-state index in [1.54, 1.807) is 0 Å². The summed E-state index contributed by atoms with van der Waals surface area (Å²) < 4.78 is 4.76. The summed E-state index contributed by atoms with van der Waals surface area (Å²) in [7, 11) is 0. The monoisotopic (exact) mass is 818 g/mol. The molecular weight excluding hydrogens is 777 g/mol. The van der Waals surface area contributed by atoms with E-state index in [-0.39, 0.29) is 0 Å². The van der Waals surface area contributed by atoms with E-state index in [2.05, 4.69) is 229 Å². The molecule has 8 aromatic carbocycles. The smallest absolute Gasteiger partial charge is 0.0705 e. The minimum atomic E-state index is 0.939. The lowest BCUT2D eigenvalue weighted by atomic mass is 10.0. The second-order valence-corrected chi connectivity index (χ2v) is 16.8. The zero-order valence-electron chi connectivity index (χ0n) is 35.6. The van der Waals surface area contributed by atoms with Gasteiger partial charge in [-0.2, -0.15) is 0 Å². The van der Waals surface area contributed by atoms with Gasteiger partial charge in [-0.3, -0.25) is 9.97 Å². The van der Waals surface area contributed by atoms with E-state index >= 15 is 0 Å². The van der Waals surface area contributed by atoms with Crippen LogP contribution in [0.2, 0.25) is 0 Å². The van der Waals surface area contributed by atoms with Gasteiger partial charge in [0.1, 0.15) is 0 Å². The van der Waals surface area contributed by atoms with Gasteiger partial charge in [0, 0.05) is 67.6 Å². The summed E-state index contributed by atoms with van der Waals surface area (Å²) in [6.45, 7) is 4.32. The molecule has 302 valence electrons. The van der Waals surface area contributed by atoms with Crippen LogP contribution in [0.3, 0.4) is 0 Å². The standard InChI is InChI=1S/C60H42N4/c1-39-21-27-47(63-57-19-11-9-17-49(57)53-33-43(25-31-59(53)63)41-13-5-3-6-14-41)35-51(39)55-29-23-45(37-61-55)46-24-30-56(62-38-46)52-36-48(28-22-40(52)2)64-58-20-12-10-18-50(58)54-34-44(26-32-60(54)64)42-15-7-4-8-16-42/h3-38H,1-2H3. The van der Waals surface area contributed by atoms with E-state index in [1.807, 2.05) is 12.4 Å². The number of pyridine rings is 2. The van der Waals surface area contributed by atoms with Crippen LogP contribution in [0.5, 0.6) is 0 Å². The zero-order chi connectivity index (χ0) is 42.7. The molecule has 0 fully saturated rings. The molecule has 4 aromatic heterocycles. The average molecular weight is 819 g/mol. The highest BCUT2D eigenvalue weighted by Crippen LogP contribution is 2.39. The molecule has 0 saturated carbocycles. The summed E-state index contributed by atoms with van der Waals surface area (Å²) in [6, 6.07) is 74.3. The third-order valence-corrected chi connectivity index (χ3v) is 12.9. The Labute approximate surface area is 372 Å². The Morgan fingerprint density at radius 1 is 0.297 bits per heavy atom. The summed E-state index contributed by atoms with van der Waals surface area (Å²) in [4.78, 5) is 10.1. The van der Waals surface area contributed by atoms with Crippen molar-refractivity contribution in [2.45, 2.75) is 13.8 Å². The van der Waals surface area contributed by atoms with E-state index in [0.29, 0.717) is 0 Å². The van der Waals surface area contributed by atoms with Crippen molar-refractivity contribution in [1.29, 1.82) is 0 Å². The number of hydrogen-bond donors (Lipinski definition) is 0. The topological polar surface area (TPSA) is 35.6 Å². The van der Waals surface area contributed by atoms with Gasteiger partial charge in [0.2, 0.25) is 0 Å². The van der Waals surface area contributed by atoms with E-state index in [0.717, 1.165) is 45.0 Å². The molecule has 64 heavy (non-hydrogen) atoms. The van der Waals surface area contributed by atoms with Gasteiger partial charge in [-0.15, -0.1) is 0 Å². The third-order valence-electron chi connectivity index (χ3n) is 12.9. The lowest BCUT2D eigenvalue weighted by molar-refractivity contribution is 1.17. The SMILES string of the molecule is Cc1ccc(-n2c3ccccc3c3cc(-c4ccccc4)ccc32)cc1-c1ccc(-c2ccc(-c3cc(-n4c5ccccc5c5cc(-c6ccccc6)ccc54)ccc3C)nc2)cn1. The molecule has 0 atom stereocenters. The van der Waals surface area contributed by atoms with Crippen molar-refractivity contribution in [3.63, 3.8) is 0 Å². The molecular formula is C60H42N4. The quantitative estimate of drug-likeness (QED) is 0.161. The van der Waals surface area contributed by atoms with Crippen LogP contribution in [0.25, 0.3) is 111 Å². The highest BCUT2D eigenvalue weighted by molar-refractivity contribution is 6.11. The predicted octanol–water partition coefficient (Wildman–Crippen LogP) is 15.6. The Morgan fingerprint density at radius 2 is 0.688 bits per heavy atom. The first kappa shape index (κ1) is 37.4. The van der Waals surface area contributed by atoms with E-state index in [1.165, 1.54) is 77.0 Å². The molecule has 4 heteroatoms. The van der Waals surface area contributed by atoms with Crippen LogP contribution in [0.4, 0.5) is 0 Å². The van der Waals surface area contributed by atoms with Crippen LogP contribution in [0.15, 0.2) is 219 Å². The van der Waals surface area contributed by atoms with Gasteiger partial charge in [0.05, 0.1) is 33.5 Å². The molecule has 4 heterocycles. The number of aryl methyl sites for hydroxylation is 2. The molecule has 0 bridgehead atoms. The first-order chi connectivity index (χ1) is 31.6. The normalized spacial score (nSPS) is 11.6. The molecule has 0 aliphatic heterocycles. The molecule has 12 rings (SSSR count). The fourth-order valence-electron chi connectivity index (χ4n) is 9.62. The van der Waals surface area contributed by atoms with Crippen LogP contribution >= 0.6 is 0 Å². The number of aromatic nitrogens is 4. The van der Waals surface area contributed by atoms with E-state index in [4.69, 9.17) is 9.97 Å². The van der Waals surface area contributed by atoms with Crippen molar-refractivity contribution in [2.24, 2.45) is 0 Å². The van der Waals surface area contributed by atoms with Crippen molar-refractivity contribution in [2.75, 3.05) is 0 Å². The van der Waals surface area contributed by atoms with E-state index in [9.17, 15) is 0 Å². The average Bonchev–Trinajstić information content (AvgIpc) is 3.87. The number of rotatable bonds is 7. The van der Waals surface area contributed by atoms with Gasteiger partial charge in [0.25, 0.3) is 0 Å². The Hall–Kier alpha value is -8.34. The number of nitrogens with zero attached hydrogens (tertiary/aromatic N) is 4. The predicted molar refractivity (Wildman–Crippen MR) is 267 cm³/mol. The van der Waals surface area contributed by atoms with Gasteiger partial charge >= 0.3 is 0 Å². The van der Waals surface area contributed by atoms with Crippen molar-refractivity contribution in [1.82, 2.24) is 19.1 Å². The van der Waals surface area contributed by atoms with Crippen LogP contribution in [0, 0.1) is 13.8 Å². The number of hydrogen-bond acceptors (Lipinski definition) is 2. The maximum atomic E-state index is 5.05. The van der Waals surface area contributed by atoms with Gasteiger partial charge < -0.3 is 9.13 Å². The van der Waals surface area contributed by atoms with Crippen LogP contribution < -0.4 is 0 Å². The van der Waals surface area contributed by atoms with Gasteiger partial charge in [0.15, 0.2) is 0 Å². The third kappa shape index (κ3) is 6.30. The van der Waals surface area contributed by atoms with Crippen LogP contribution in [-0.2, 0) is 0 Å². The summed E-state index contributed by atoms with van der Waals surface area (Å²) in [5.41, 5.74) is 20.3. The molecule has 12 aromatic rings. The van der Waals surface area contributed by atoms with Crippen molar-refractivity contribution < 1.29 is 0 Å². The molecule has 0 aliphatic carbocycles. The summed E-state index contributed by atoms with van der Waals surface area (Å²) >= 11 is 0. The Kier molecular flexibility index (Phi) is 8.91. The number of para-hydroxylation sites is 2. The Bertz CT molecular complexity index is 3460. The van der Waals surface area contributed by atoms with E-state index < -0.39 is 0 Å². The molecule has 0 radical (unpaired) electrons. The first-order valence-electron chi connectivity index (χ1n) is 21.9. The summed E-state index contributed by atoms with van der Waals surface area (Å²) in [5.74, 6) is 0. The van der Waals surface area contributed by atoms with Crippen LogP contribution in [-0.4, -0.2) is 19.1 Å².